The summed E-state index contributed by atoms with van der Waals surface area (Å²) in [5.74, 6) is -0.778. The van der Waals surface area contributed by atoms with Crippen molar-refractivity contribution in [2.24, 2.45) is 0 Å². The number of fused-ring (bicyclic) bond motifs is 1. The minimum atomic E-state index is -0.429. The zero-order chi connectivity index (χ0) is 19.3. The molecule has 142 valence electrons. The topological polar surface area (TPSA) is 55.4 Å². The molecule has 0 saturated heterocycles. The number of esters is 1. The van der Waals surface area contributed by atoms with Gasteiger partial charge >= 0.3 is 5.97 Å². The van der Waals surface area contributed by atoms with E-state index in [1.807, 2.05) is 60.7 Å². The van der Waals surface area contributed by atoms with Crippen LogP contribution in [0.1, 0.15) is 26.5 Å². The molecule has 3 aromatic rings. The van der Waals surface area contributed by atoms with Crippen LogP contribution < -0.4 is 5.32 Å². The molecular weight excluding hydrogens is 390 g/mol. The number of para-hydroxylation sites is 1. The minimum Gasteiger partial charge on any atom is -0.451 e. The second-order valence-corrected chi connectivity index (χ2v) is 8.70. The molecule has 1 heterocycles. The summed E-state index contributed by atoms with van der Waals surface area (Å²) in [4.78, 5) is 28.4. The monoisotopic (exact) mass is 409 g/mol. The zero-order valence-corrected chi connectivity index (χ0v) is 16.8. The van der Waals surface area contributed by atoms with E-state index in [0.717, 1.165) is 29.1 Å². The Hall–Kier alpha value is -2.57. The van der Waals surface area contributed by atoms with Crippen LogP contribution in [0.25, 0.3) is 0 Å². The van der Waals surface area contributed by atoms with E-state index < -0.39 is 5.97 Å². The highest BCUT2D eigenvalue weighted by Gasteiger charge is 2.20. The lowest BCUT2D eigenvalue weighted by molar-refractivity contribution is -0.119. The van der Waals surface area contributed by atoms with Crippen LogP contribution in [-0.4, -0.2) is 18.5 Å². The highest BCUT2D eigenvalue weighted by molar-refractivity contribution is 7.99. The fraction of sp³-hybridized carbons (Fsp3) is 0.182. The first kappa shape index (κ1) is 18.8. The molecule has 0 spiro atoms. The number of aryl methyl sites for hydroxylation is 2. The van der Waals surface area contributed by atoms with Gasteiger partial charge in [0, 0.05) is 14.7 Å². The Morgan fingerprint density at radius 1 is 1.04 bits per heavy atom. The minimum absolute atomic E-state index is 0.300. The predicted molar refractivity (Wildman–Crippen MR) is 112 cm³/mol. The number of rotatable bonds is 6. The summed E-state index contributed by atoms with van der Waals surface area (Å²) in [6, 6.07) is 19.4. The fourth-order valence-corrected chi connectivity index (χ4v) is 5.16. The van der Waals surface area contributed by atoms with Crippen LogP contribution in [0.15, 0.2) is 70.5 Å². The molecule has 1 aliphatic rings. The summed E-state index contributed by atoms with van der Waals surface area (Å²) in [7, 11) is 0. The second kappa shape index (κ2) is 8.63. The lowest BCUT2D eigenvalue weighted by Gasteiger charge is -2.11. The third kappa shape index (κ3) is 4.46. The van der Waals surface area contributed by atoms with E-state index in [9.17, 15) is 9.59 Å². The Kier molecular flexibility index (Phi) is 5.78. The molecule has 2 aromatic carbocycles. The number of anilines is 1. The SMILES string of the molecule is O=C(COC(=O)c1cc2c(s1)CCC2)Nc1ccccc1Sc1ccccc1. The highest BCUT2D eigenvalue weighted by atomic mass is 32.2. The van der Waals surface area contributed by atoms with Gasteiger partial charge in [-0.1, -0.05) is 42.1 Å². The number of benzene rings is 2. The van der Waals surface area contributed by atoms with Gasteiger partial charge < -0.3 is 10.1 Å². The summed E-state index contributed by atoms with van der Waals surface area (Å²) in [6.45, 7) is -0.300. The first-order valence-corrected chi connectivity index (χ1v) is 10.7. The molecule has 0 saturated carbocycles. The second-order valence-electron chi connectivity index (χ2n) is 6.45. The molecule has 4 nitrogen and oxygen atoms in total. The molecule has 0 fully saturated rings. The van der Waals surface area contributed by atoms with E-state index in [-0.39, 0.29) is 12.5 Å². The van der Waals surface area contributed by atoms with Crippen molar-refractivity contribution in [1.29, 1.82) is 0 Å². The molecule has 1 N–H and O–H groups in total. The lowest BCUT2D eigenvalue weighted by atomic mass is 10.2. The summed E-state index contributed by atoms with van der Waals surface area (Å²) >= 11 is 3.05. The van der Waals surface area contributed by atoms with Crippen molar-refractivity contribution in [3.05, 3.63) is 76.0 Å². The van der Waals surface area contributed by atoms with E-state index in [0.29, 0.717) is 10.6 Å². The molecule has 0 radical (unpaired) electrons. The maximum absolute atomic E-state index is 12.3. The van der Waals surface area contributed by atoms with E-state index in [4.69, 9.17) is 4.74 Å². The summed E-state index contributed by atoms with van der Waals surface area (Å²) in [5.41, 5.74) is 1.95. The molecule has 0 aliphatic heterocycles. The number of hydrogen-bond acceptors (Lipinski definition) is 5. The fourth-order valence-electron chi connectivity index (χ4n) is 3.09. The van der Waals surface area contributed by atoms with Crippen molar-refractivity contribution in [3.63, 3.8) is 0 Å². The van der Waals surface area contributed by atoms with Crippen LogP contribution in [-0.2, 0) is 22.4 Å². The number of amides is 1. The number of ether oxygens (including phenoxy) is 1. The van der Waals surface area contributed by atoms with Crippen LogP contribution in [0.4, 0.5) is 5.69 Å². The van der Waals surface area contributed by atoms with Gasteiger partial charge in [0.1, 0.15) is 4.88 Å². The number of hydrogen-bond donors (Lipinski definition) is 1. The van der Waals surface area contributed by atoms with E-state index >= 15 is 0 Å². The van der Waals surface area contributed by atoms with Gasteiger partial charge in [-0.15, -0.1) is 11.3 Å². The Morgan fingerprint density at radius 3 is 2.64 bits per heavy atom. The third-order valence-electron chi connectivity index (χ3n) is 4.41. The Morgan fingerprint density at radius 2 is 1.82 bits per heavy atom. The van der Waals surface area contributed by atoms with E-state index in [2.05, 4.69) is 5.32 Å². The summed E-state index contributed by atoms with van der Waals surface area (Å²) in [5, 5.41) is 2.84. The van der Waals surface area contributed by atoms with Gasteiger partial charge in [0.25, 0.3) is 5.91 Å². The van der Waals surface area contributed by atoms with E-state index in [1.165, 1.54) is 21.8 Å². The Balaban J connectivity index is 1.35. The molecule has 1 aromatic heterocycles. The molecule has 6 heteroatoms. The molecule has 28 heavy (non-hydrogen) atoms. The Labute approximate surface area is 171 Å². The van der Waals surface area contributed by atoms with Gasteiger partial charge in [-0.2, -0.15) is 0 Å². The number of carbonyl (C=O) groups is 2. The molecule has 0 atom stereocenters. The molecule has 0 bridgehead atoms. The van der Waals surface area contributed by atoms with Gasteiger partial charge in [-0.3, -0.25) is 4.79 Å². The van der Waals surface area contributed by atoms with Crippen LogP contribution in [0.2, 0.25) is 0 Å². The third-order valence-corrected chi connectivity index (χ3v) is 6.72. The quantitative estimate of drug-likeness (QED) is 0.570. The van der Waals surface area contributed by atoms with Gasteiger partial charge in [0.2, 0.25) is 0 Å². The maximum atomic E-state index is 12.3. The number of thiophene rings is 1. The van der Waals surface area contributed by atoms with Gasteiger partial charge in [-0.25, -0.2) is 4.79 Å². The smallest absolute Gasteiger partial charge is 0.348 e. The first-order valence-electron chi connectivity index (χ1n) is 9.09. The molecule has 1 aliphatic carbocycles. The van der Waals surface area contributed by atoms with Crippen molar-refractivity contribution < 1.29 is 14.3 Å². The van der Waals surface area contributed by atoms with Gasteiger partial charge in [0.15, 0.2) is 6.61 Å². The highest BCUT2D eigenvalue weighted by Crippen LogP contribution is 2.33. The summed E-state index contributed by atoms with van der Waals surface area (Å²) in [6.07, 6.45) is 3.21. The number of carbonyl (C=O) groups excluding carboxylic acids is 2. The predicted octanol–water partition coefficient (Wildman–Crippen LogP) is 5.18. The van der Waals surface area contributed by atoms with Crippen molar-refractivity contribution in [2.45, 2.75) is 29.1 Å². The van der Waals surface area contributed by atoms with Crippen molar-refractivity contribution in [2.75, 3.05) is 11.9 Å². The normalized spacial score (nSPS) is 12.4. The molecule has 0 unspecified atom stereocenters. The maximum Gasteiger partial charge on any atom is 0.348 e. The zero-order valence-electron chi connectivity index (χ0n) is 15.1. The van der Waals surface area contributed by atoms with Crippen molar-refractivity contribution in [1.82, 2.24) is 0 Å². The van der Waals surface area contributed by atoms with Crippen molar-refractivity contribution in [3.8, 4) is 0 Å². The largest absolute Gasteiger partial charge is 0.451 e. The molecular formula is C22H19NO3S2. The average Bonchev–Trinajstić information content (AvgIpc) is 3.31. The first-order chi connectivity index (χ1) is 13.7. The summed E-state index contributed by atoms with van der Waals surface area (Å²) < 4.78 is 5.21. The van der Waals surface area contributed by atoms with E-state index in [1.54, 1.807) is 11.8 Å². The lowest BCUT2D eigenvalue weighted by Crippen LogP contribution is -2.20. The standard InChI is InChI=1S/C22H19NO3S2/c24-21(14-26-22(25)20-13-15-7-6-12-18(15)28-20)23-17-10-4-5-11-19(17)27-16-8-2-1-3-9-16/h1-5,8-11,13H,6-7,12,14H2,(H,23,24). The van der Waals surface area contributed by atoms with Crippen LogP contribution in [0.5, 0.6) is 0 Å². The average molecular weight is 410 g/mol. The van der Waals surface area contributed by atoms with Gasteiger partial charge in [0.05, 0.1) is 5.69 Å². The Bertz CT molecular complexity index is 977. The van der Waals surface area contributed by atoms with Gasteiger partial charge in [-0.05, 0) is 55.2 Å². The van der Waals surface area contributed by atoms with Crippen molar-refractivity contribution >= 4 is 40.7 Å². The van der Waals surface area contributed by atoms with Crippen LogP contribution in [0, 0.1) is 0 Å². The molecule has 4 rings (SSSR count). The van der Waals surface area contributed by atoms with Crippen LogP contribution in [0.3, 0.4) is 0 Å². The number of nitrogens with one attached hydrogen (secondary N) is 1. The van der Waals surface area contributed by atoms with Crippen LogP contribution >= 0.6 is 23.1 Å². The molecule has 1 amide bonds.